The predicted molar refractivity (Wildman–Crippen MR) is 114 cm³/mol. The summed E-state index contributed by atoms with van der Waals surface area (Å²) in [5, 5.41) is 0. The summed E-state index contributed by atoms with van der Waals surface area (Å²) in [6.45, 7) is 4.51. The summed E-state index contributed by atoms with van der Waals surface area (Å²) in [7, 11) is 0. The highest BCUT2D eigenvalue weighted by Crippen LogP contribution is 2.23. The van der Waals surface area contributed by atoms with Crippen molar-refractivity contribution >= 4 is 17.1 Å². The molecule has 0 aliphatic rings. The van der Waals surface area contributed by atoms with E-state index in [4.69, 9.17) is 10.5 Å². The largest absolute Gasteiger partial charge is 0.494 e. The van der Waals surface area contributed by atoms with Crippen molar-refractivity contribution in [2.75, 3.05) is 6.61 Å². The molecule has 0 bridgehead atoms. The molecule has 0 radical (unpaired) electrons. The van der Waals surface area contributed by atoms with Crippen LogP contribution in [0.25, 0.3) is 28.2 Å². The molecular weight excluding hydrogens is 382 g/mol. The number of nitrogens with one attached hydrogen (secondary N) is 1. The fourth-order valence-corrected chi connectivity index (χ4v) is 3.28. The second kappa shape index (κ2) is 7.82. The molecule has 0 aliphatic heterocycles. The average molecular weight is 403 g/mol. The minimum atomic E-state index is -0.742. The Hall–Kier alpha value is -3.94. The minimum absolute atomic E-state index is 0.0312. The number of aryl methyl sites for hydroxylation is 1. The number of amides is 1. The number of aromatic nitrogens is 4. The number of fused-ring (bicyclic) bond motifs is 1. The first-order valence-electron chi connectivity index (χ1n) is 9.67. The smallest absolute Gasteiger partial charge is 0.332 e. The average Bonchev–Trinajstić information content (AvgIpc) is 3.09. The van der Waals surface area contributed by atoms with E-state index < -0.39 is 11.6 Å². The Morgan fingerprint density at radius 1 is 1.07 bits per heavy atom. The van der Waals surface area contributed by atoms with Crippen molar-refractivity contribution in [2.24, 2.45) is 5.73 Å². The van der Waals surface area contributed by atoms with Gasteiger partial charge in [0.05, 0.1) is 12.3 Å². The summed E-state index contributed by atoms with van der Waals surface area (Å²) in [6.07, 6.45) is 0.905. The lowest BCUT2D eigenvalue weighted by molar-refractivity contribution is 0.0997. The van der Waals surface area contributed by atoms with Gasteiger partial charge in [-0.1, -0.05) is 31.2 Å². The monoisotopic (exact) mass is 403 g/mol. The Bertz CT molecular complexity index is 1270. The van der Waals surface area contributed by atoms with E-state index in [0.717, 1.165) is 12.0 Å². The lowest BCUT2D eigenvalue weighted by atomic mass is 10.1. The number of carbonyl (C=O) groups is 1. The van der Waals surface area contributed by atoms with Gasteiger partial charge >= 0.3 is 5.69 Å². The van der Waals surface area contributed by atoms with Crippen LogP contribution in [-0.2, 0) is 6.42 Å². The topological polar surface area (TPSA) is 116 Å². The molecule has 2 aromatic carbocycles. The van der Waals surface area contributed by atoms with E-state index in [2.05, 4.69) is 21.9 Å². The number of primary amides is 1. The maximum absolute atomic E-state index is 12.7. The van der Waals surface area contributed by atoms with Crippen LogP contribution in [0.15, 0.2) is 53.3 Å². The highest BCUT2D eigenvalue weighted by molar-refractivity contribution is 6.02. The zero-order valence-electron chi connectivity index (χ0n) is 16.7. The molecule has 2 heterocycles. The molecule has 8 heteroatoms. The maximum atomic E-state index is 12.7. The Labute approximate surface area is 172 Å². The molecule has 0 saturated carbocycles. The predicted octanol–water partition coefficient (Wildman–Crippen LogP) is 2.84. The molecule has 3 N–H and O–H groups in total. The zero-order chi connectivity index (χ0) is 21.3. The van der Waals surface area contributed by atoms with Gasteiger partial charge in [0.15, 0.2) is 17.2 Å². The second-order valence-corrected chi connectivity index (χ2v) is 6.70. The molecule has 152 valence electrons. The summed E-state index contributed by atoms with van der Waals surface area (Å²) in [6, 6.07) is 14.8. The van der Waals surface area contributed by atoms with Gasteiger partial charge in [-0.2, -0.15) is 0 Å². The molecular formula is C22H21N5O3. The van der Waals surface area contributed by atoms with Crippen molar-refractivity contribution in [3.63, 3.8) is 0 Å². The fraction of sp³-hybridized carbons (Fsp3) is 0.182. The highest BCUT2D eigenvalue weighted by atomic mass is 16.5. The Morgan fingerprint density at radius 3 is 2.37 bits per heavy atom. The molecule has 0 unspecified atom stereocenters. The van der Waals surface area contributed by atoms with Crippen molar-refractivity contribution in [3.05, 3.63) is 70.3 Å². The van der Waals surface area contributed by atoms with Crippen molar-refractivity contribution in [1.29, 1.82) is 0 Å². The van der Waals surface area contributed by atoms with Gasteiger partial charge in [0.2, 0.25) is 0 Å². The molecule has 8 nitrogen and oxygen atoms in total. The Morgan fingerprint density at radius 2 is 1.77 bits per heavy atom. The number of rotatable bonds is 6. The zero-order valence-corrected chi connectivity index (χ0v) is 16.7. The van der Waals surface area contributed by atoms with Crippen molar-refractivity contribution in [2.45, 2.75) is 20.3 Å². The van der Waals surface area contributed by atoms with Gasteiger partial charge in [-0.05, 0) is 43.2 Å². The van der Waals surface area contributed by atoms with Crippen LogP contribution in [0.4, 0.5) is 0 Å². The van der Waals surface area contributed by atoms with E-state index in [1.54, 1.807) is 24.3 Å². The summed E-state index contributed by atoms with van der Waals surface area (Å²) < 4.78 is 6.85. The quantitative estimate of drug-likeness (QED) is 0.514. The second-order valence-electron chi connectivity index (χ2n) is 6.70. The normalized spacial score (nSPS) is 11.0. The van der Waals surface area contributed by atoms with Crippen LogP contribution in [0.3, 0.4) is 0 Å². The number of H-pyrrole nitrogens is 1. The van der Waals surface area contributed by atoms with Crippen LogP contribution in [0, 0.1) is 0 Å². The van der Waals surface area contributed by atoms with Crippen molar-refractivity contribution < 1.29 is 9.53 Å². The molecule has 30 heavy (non-hydrogen) atoms. The number of hydrogen-bond acceptors (Lipinski definition) is 5. The first kappa shape index (κ1) is 19.4. The molecule has 0 aliphatic carbocycles. The van der Waals surface area contributed by atoms with Gasteiger partial charge in [-0.15, -0.1) is 0 Å². The molecule has 0 saturated heterocycles. The summed E-state index contributed by atoms with van der Waals surface area (Å²) >= 11 is 0. The number of ether oxygens (including phenoxy) is 1. The van der Waals surface area contributed by atoms with Crippen LogP contribution in [0.2, 0.25) is 0 Å². The number of carbonyl (C=O) groups excluding carboxylic acids is 1. The van der Waals surface area contributed by atoms with Crippen molar-refractivity contribution in [3.8, 4) is 22.8 Å². The number of benzene rings is 2. The number of hydrogen-bond donors (Lipinski definition) is 2. The number of imidazole rings is 1. The first-order valence-corrected chi connectivity index (χ1v) is 9.67. The third kappa shape index (κ3) is 3.43. The van der Waals surface area contributed by atoms with Gasteiger partial charge < -0.3 is 15.5 Å². The number of nitrogens with zero attached hydrogens (tertiary/aromatic N) is 3. The lowest BCUT2D eigenvalue weighted by Gasteiger charge is -2.08. The van der Waals surface area contributed by atoms with E-state index in [9.17, 15) is 9.59 Å². The van der Waals surface area contributed by atoms with Gasteiger partial charge in [-0.3, -0.25) is 4.79 Å². The molecule has 0 fully saturated rings. The molecule has 4 aromatic rings. The van der Waals surface area contributed by atoms with Crippen molar-refractivity contribution in [1.82, 2.24) is 19.5 Å². The molecule has 1 amide bonds. The van der Waals surface area contributed by atoms with Crippen LogP contribution >= 0.6 is 0 Å². The van der Waals surface area contributed by atoms with E-state index in [0.29, 0.717) is 23.9 Å². The summed E-state index contributed by atoms with van der Waals surface area (Å²) in [4.78, 5) is 36.3. The SMILES string of the molecule is CCOc1ccc(-n2c(=O)[nH]c3c(C(N)=O)nc(-c4ccc(CC)cc4)nc32)cc1. The van der Waals surface area contributed by atoms with E-state index in [1.807, 2.05) is 31.2 Å². The lowest BCUT2D eigenvalue weighted by Crippen LogP contribution is -2.15. The van der Waals surface area contributed by atoms with Gasteiger partial charge in [0, 0.05) is 5.56 Å². The number of aromatic amines is 1. The Balaban J connectivity index is 1.93. The van der Waals surface area contributed by atoms with E-state index >= 15 is 0 Å². The van der Waals surface area contributed by atoms with Gasteiger partial charge in [0.25, 0.3) is 5.91 Å². The van der Waals surface area contributed by atoms with Crippen LogP contribution in [0.1, 0.15) is 29.9 Å². The van der Waals surface area contributed by atoms with Crippen LogP contribution in [-0.4, -0.2) is 32.0 Å². The standard InChI is InChI=1S/C22H21N5O3/c1-3-13-5-7-14(8-6-13)20-24-17(19(23)28)18-21(26-20)27(22(29)25-18)15-9-11-16(12-10-15)30-4-2/h5-12H,3-4H2,1-2H3,(H2,23,28)(H,25,29). The highest BCUT2D eigenvalue weighted by Gasteiger charge is 2.20. The fourth-order valence-electron chi connectivity index (χ4n) is 3.28. The van der Waals surface area contributed by atoms with Crippen LogP contribution in [0.5, 0.6) is 5.75 Å². The van der Waals surface area contributed by atoms with E-state index in [1.165, 1.54) is 10.1 Å². The molecule has 2 aromatic heterocycles. The van der Waals surface area contributed by atoms with Crippen LogP contribution < -0.4 is 16.2 Å². The number of nitrogens with two attached hydrogens (primary N) is 1. The third-order valence-electron chi connectivity index (χ3n) is 4.80. The van der Waals surface area contributed by atoms with E-state index in [-0.39, 0.29) is 16.9 Å². The first-order chi connectivity index (χ1) is 14.5. The molecule has 0 atom stereocenters. The maximum Gasteiger partial charge on any atom is 0.332 e. The Kier molecular flexibility index (Phi) is 5.05. The van der Waals surface area contributed by atoms with Gasteiger partial charge in [0.1, 0.15) is 11.3 Å². The van der Waals surface area contributed by atoms with Gasteiger partial charge in [-0.25, -0.2) is 19.3 Å². The summed E-state index contributed by atoms with van der Waals surface area (Å²) in [5.41, 5.74) is 8.03. The third-order valence-corrected chi connectivity index (χ3v) is 4.80. The molecule has 4 rings (SSSR count). The minimum Gasteiger partial charge on any atom is -0.494 e. The molecule has 0 spiro atoms. The summed E-state index contributed by atoms with van der Waals surface area (Å²) in [5.74, 6) is 0.268.